The average Bonchev–Trinajstić information content (AvgIpc) is 3.11. The van der Waals surface area contributed by atoms with Gasteiger partial charge in [0.15, 0.2) is 5.54 Å². The predicted octanol–water partition coefficient (Wildman–Crippen LogP) is 1.74. The minimum absolute atomic E-state index is 0.0819. The third kappa shape index (κ3) is 2.77. The van der Waals surface area contributed by atoms with Crippen molar-refractivity contribution in [3.05, 3.63) is 39.9 Å². The Hall–Kier alpha value is -3.30. The Morgan fingerprint density at radius 1 is 1.26 bits per heavy atom. The fourth-order valence-corrected chi connectivity index (χ4v) is 5.20. The van der Waals surface area contributed by atoms with Gasteiger partial charge in [0, 0.05) is 24.6 Å². The Morgan fingerprint density at radius 2 is 1.94 bits per heavy atom. The van der Waals surface area contributed by atoms with Gasteiger partial charge in [-0.05, 0) is 32.3 Å². The summed E-state index contributed by atoms with van der Waals surface area (Å²) < 4.78 is 0. The predicted molar refractivity (Wildman–Crippen MR) is 105 cm³/mol. The van der Waals surface area contributed by atoms with E-state index in [2.05, 4.69) is 0 Å². The molecule has 2 heterocycles. The van der Waals surface area contributed by atoms with Crippen molar-refractivity contribution in [3.63, 3.8) is 0 Å². The molecule has 1 saturated carbocycles. The second-order valence-electron chi connectivity index (χ2n) is 8.51. The van der Waals surface area contributed by atoms with Crippen molar-refractivity contribution >= 4 is 29.4 Å². The van der Waals surface area contributed by atoms with E-state index in [1.807, 2.05) is 0 Å². The van der Waals surface area contributed by atoms with Crippen LogP contribution in [0.3, 0.4) is 0 Å². The van der Waals surface area contributed by atoms with Gasteiger partial charge >= 0.3 is 5.97 Å². The van der Waals surface area contributed by atoms with Gasteiger partial charge in [-0.1, -0.05) is 18.6 Å². The number of fused-ring (bicyclic) bond motifs is 1. The van der Waals surface area contributed by atoms with E-state index in [9.17, 15) is 34.4 Å². The maximum atomic E-state index is 13.4. The first-order chi connectivity index (χ1) is 14.6. The van der Waals surface area contributed by atoms with Crippen molar-refractivity contribution in [1.82, 2.24) is 9.80 Å². The molecule has 0 spiro atoms. The van der Waals surface area contributed by atoms with E-state index in [4.69, 9.17) is 0 Å². The van der Waals surface area contributed by atoms with Crippen LogP contribution in [0.2, 0.25) is 0 Å². The summed E-state index contributed by atoms with van der Waals surface area (Å²) in [5, 5.41) is 21.5. The lowest BCUT2D eigenvalue weighted by atomic mass is 9.79. The van der Waals surface area contributed by atoms with Gasteiger partial charge in [-0.3, -0.25) is 29.4 Å². The second-order valence-corrected chi connectivity index (χ2v) is 8.51. The lowest BCUT2D eigenvalue weighted by Gasteiger charge is -2.41. The number of rotatable bonds is 5. The van der Waals surface area contributed by atoms with Gasteiger partial charge in [-0.2, -0.15) is 0 Å². The molecule has 0 radical (unpaired) electrons. The molecule has 10 nitrogen and oxygen atoms in total. The van der Waals surface area contributed by atoms with Crippen molar-refractivity contribution in [2.24, 2.45) is 17.8 Å². The SMILES string of the molecule is CCN1C(=O)C2C(c3cccc([N+](=O)[O-])c3)N(C(=O)C3CCC3)C(C)(C(=O)O)C2C1=O. The molecule has 4 unspecified atom stereocenters. The molecule has 0 bridgehead atoms. The topological polar surface area (TPSA) is 138 Å². The fourth-order valence-electron chi connectivity index (χ4n) is 5.20. The summed E-state index contributed by atoms with van der Waals surface area (Å²) in [5.41, 5.74) is -1.90. The van der Waals surface area contributed by atoms with Gasteiger partial charge in [-0.15, -0.1) is 0 Å². The molecule has 31 heavy (non-hydrogen) atoms. The number of nitrogens with zero attached hydrogens (tertiary/aromatic N) is 3. The highest BCUT2D eigenvalue weighted by Gasteiger charge is 2.71. The summed E-state index contributed by atoms with van der Waals surface area (Å²) in [6.45, 7) is 3.01. The minimum Gasteiger partial charge on any atom is -0.479 e. The third-order valence-electron chi connectivity index (χ3n) is 7.03. The van der Waals surface area contributed by atoms with Gasteiger partial charge < -0.3 is 10.0 Å². The number of hydrogen-bond acceptors (Lipinski definition) is 6. The molecule has 1 aliphatic carbocycles. The monoisotopic (exact) mass is 429 g/mol. The molecular weight excluding hydrogens is 406 g/mol. The van der Waals surface area contributed by atoms with E-state index >= 15 is 0 Å². The van der Waals surface area contributed by atoms with Crippen LogP contribution in [0.4, 0.5) is 5.69 Å². The number of carbonyl (C=O) groups excluding carboxylic acids is 3. The first-order valence-electron chi connectivity index (χ1n) is 10.3. The van der Waals surface area contributed by atoms with E-state index in [0.717, 1.165) is 16.2 Å². The van der Waals surface area contributed by atoms with Crippen molar-refractivity contribution in [2.75, 3.05) is 6.54 Å². The van der Waals surface area contributed by atoms with Crippen LogP contribution >= 0.6 is 0 Å². The summed E-state index contributed by atoms with van der Waals surface area (Å²) in [4.78, 5) is 65.2. The third-order valence-corrected chi connectivity index (χ3v) is 7.03. The number of nitro groups is 1. The number of carbonyl (C=O) groups is 4. The molecule has 3 amide bonds. The number of hydrogen-bond donors (Lipinski definition) is 1. The molecular formula is C21H23N3O7. The zero-order valence-corrected chi connectivity index (χ0v) is 17.2. The number of benzene rings is 1. The summed E-state index contributed by atoms with van der Waals surface area (Å²) in [6.07, 6.45) is 2.04. The standard InChI is InChI=1S/C21H23N3O7/c1-3-22-18(26)14-15(19(22)27)21(2,20(28)29)23(17(25)11-6-4-7-11)16(14)12-8-5-9-13(10-12)24(30)31/h5,8-11,14-16H,3-4,6-7H2,1-2H3,(H,28,29). The van der Waals surface area contributed by atoms with Crippen LogP contribution in [0.5, 0.6) is 0 Å². The quantitative estimate of drug-likeness (QED) is 0.427. The molecule has 164 valence electrons. The highest BCUT2D eigenvalue weighted by atomic mass is 16.6. The number of carboxylic acid groups (broad SMARTS) is 1. The number of amides is 3. The number of nitro benzene ring substituents is 1. The fraction of sp³-hybridized carbons (Fsp3) is 0.524. The van der Waals surface area contributed by atoms with Gasteiger partial charge in [-0.25, -0.2) is 4.79 Å². The van der Waals surface area contributed by atoms with E-state index in [-0.39, 0.29) is 23.7 Å². The van der Waals surface area contributed by atoms with Gasteiger partial charge in [0.2, 0.25) is 17.7 Å². The van der Waals surface area contributed by atoms with E-state index < -0.39 is 52.0 Å². The van der Waals surface area contributed by atoms with Crippen LogP contribution in [0.1, 0.15) is 44.7 Å². The van der Waals surface area contributed by atoms with Crippen LogP contribution in [-0.4, -0.2) is 55.6 Å². The van der Waals surface area contributed by atoms with Crippen molar-refractivity contribution in [3.8, 4) is 0 Å². The molecule has 1 N–H and O–H groups in total. The normalized spacial score (nSPS) is 30.3. The van der Waals surface area contributed by atoms with Gasteiger partial charge in [0.1, 0.15) is 0 Å². The molecule has 3 fully saturated rings. The summed E-state index contributed by atoms with van der Waals surface area (Å²) in [6, 6.07) is 4.43. The highest BCUT2D eigenvalue weighted by Crippen LogP contribution is 2.56. The zero-order chi connectivity index (χ0) is 22.7. The number of imide groups is 1. The Labute approximate surface area is 178 Å². The Balaban J connectivity index is 1.94. The maximum absolute atomic E-state index is 13.4. The molecule has 4 atom stereocenters. The van der Waals surface area contributed by atoms with E-state index in [1.54, 1.807) is 6.92 Å². The molecule has 3 aliphatic rings. The number of likely N-dealkylation sites (tertiary alicyclic amines) is 2. The van der Waals surface area contributed by atoms with E-state index in [0.29, 0.717) is 12.8 Å². The van der Waals surface area contributed by atoms with Crippen LogP contribution in [-0.2, 0) is 19.2 Å². The highest BCUT2D eigenvalue weighted by molar-refractivity contribution is 6.10. The lowest BCUT2D eigenvalue weighted by molar-refractivity contribution is -0.385. The number of carboxylic acids is 1. The van der Waals surface area contributed by atoms with Crippen LogP contribution < -0.4 is 0 Å². The first kappa shape index (κ1) is 21.0. The lowest BCUT2D eigenvalue weighted by Crippen LogP contribution is -2.59. The minimum atomic E-state index is -1.94. The van der Waals surface area contributed by atoms with Crippen molar-refractivity contribution < 1.29 is 29.2 Å². The van der Waals surface area contributed by atoms with Crippen LogP contribution in [0, 0.1) is 27.9 Å². The molecule has 2 saturated heterocycles. The average molecular weight is 429 g/mol. The summed E-state index contributed by atoms with van der Waals surface area (Å²) in [5.74, 6) is -5.73. The molecule has 1 aromatic carbocycles. The van der Waals surface area contributed by atoms with Gasteiger partial charge in [0.25, 0.3) is 5.69 Å². The van der Waals surface area contributed by atoms with Crippen LogP contribution in [0.25, 0.3) is 0 Å². The Kier molecular flexibility index (Phi) is 4.83. The van der Waals surface area contributed by atoms with Gasteiger partial charge in [0.05, 0.1) is 22.8 Å². The number of non-ortho nitro benzene ring substituents is 1. The molecule has 0 aromatic heterocycles. The van der Waals surface area contributed by atoms with Crippen LogP contribution in [0.15, 0.2) is 24.3 Å². The summed E-state index contributed by atoms with van der Waals surface area (Å²) in [7, 11) is 0. The molecule has 2 aliphatic heterocycles. The Morgan fingerprint density at radius 3 is 2.45 bits per heavy atom. The second kappa shape index (κ2) is 7.14. The molecule has 4 rings (SSSR count). The zero-order valence-electron chi connectivity index (χ0n) is 17.2. The molecule has 10 heteroatoms. The largest absolute Gasteiger partial charge is 0.479 e. The smallest absolute Gasteiger partial charge is 0.330 e. The van der Waals surface area contributed by atoms with Crippen molar-refractivity contribution in [1.29, 1.82) is 0 Å². The van der Waals surface area contributed by atoms with E-state index in [1.165, 1.54) is 31.2 Å². The maximum Gasteiger partial charge on any atom is 0.330 e. The Bertz CT molecular complexity index is 1000. The van der Waals surface area contributed by atoms with Crippen molar-refractivity contribution in [2.45, 2.75) is 44.7 Å². The molecule has 1 aromatic rings. The first-order valence-corrected chi connectivity index (χ1v) is 10.3. The summed E-state index contributed by atoms with van der Waals surface area (Å²) >= 11 is 0. The number of aliphatic carboxylic acids is 1.